The Balaban J connectivity index is 1.98. The Morgan fingerprint density at radius 1 is 1.25 bits per heavy atom. The van der Waals surface area contributed by atoms with Crippen LogP contribution in [0, 0.1) is 13.8 Å². The molecule has 24 heavy (non-hydrogen) atoms. The number of rotatable bonds is 6. The van der Waals surface area contributed by atoms with Gasteiger partial charge in [-0.05, 0) is 43.2 Å². The van der Waals surface area contributed by atoms with Crippen LogP contribution >= 0.6 is 27.5 Å². The van der Waals surface area contributed by atoms with E-state index < -0.39 is 0 Å². The Morgan fingerprint density at radius 3 is 2.50 bits per heavy atom. The van der Waals surface area contributed by atoms with Gasteiger partial charge in [0.15, 0.2) is 6.54 Å². The highest BCUT2D eigenvalue weighted by Crippen LogP contribution is 2.27. The van der Waals surface area contributed by atoms with Crippen LogP contribution in [-0.2, 0) is 4.79 Å². The Kier molecular flexibility index (Phi) is 6.84. The monoisotopic (exact) mass is 409 g/mol. The van der Waals surface area contributed by atoms with Gasteiger partial charge in [0.1, 0.15) is 6.04 Å². The van der Waals surface area contributed by atoms with Crippen molar-refractivity contribution in [1.29, 1.82) is 0 Å². The van der Waals surface area contributed by atoms with Crippen LogP contribution in [-0.4, -0.2) is 12.5 Å². The lowest BCUT2D eigenvalue weighted by atomic mass is 10.0. The number of carbonyl (C=O) groups excluding carboxylic acids is 1. The number of benzene rings is 2. The lowest BCUT2D eigenvalue weighted by Crippen LogP contribution is -2.87. The second kappa shape index (κ2) is 8.65. The highest BCUT2D eigenvalue weighted by Gasteiger charge is 2.16. The number of aryl methyl sites for hydroxylation is 2. The van der Waals surface area contributed by atoms with Crippen molar-refractivity contribution in [1.82, 2.24) is 0 Å². The van der Waals surface area contributed by atoms with Crippen molar-refractivity contribution in [2.24, 2.45) is 0 Å². The van der Waals surface area contributed by atoms with E-state index in [4.69, 9.17) is 11.6 Å². The molecule has 0 heterocycles. The van der Waals surface area contributed by atoms with Crippen LogP contribution in [0.3, 0.4) is 0 Å². The van der Waals surface area contributed by atoms with E-state index in [1.54, 1.807) is 0 Å². The van der Waals surface area contributed by atoms with Crippen molar-refractivity contribution in [2.75, 3.05) is 11.9 Å². The van der Waals surface area contributed by atoms with Gasteiger partial charge in [-0.15, -0.1) is 0 Å². The summed E-state index contributed by atoms with van der Waals surface area (Å²) >= 11 is 9.70. The molecule has 2 rings (SSSR count). The highest BCUT2D eigenvalue weighted by atomic mass is 79.9. The standard InChI is InChI=1S/C19H22BrClN2O/c1-4-17(14-5-7-15(20)8-6-14)22-11-18(24)23-19-13(3)9-12(2)10-16(19)21/h5-10,17,22H,4,11H2,1-3H3,(H,23,24)/p+1/t17-/m0/s1. The van der Waals surface area contributed by atoms with E-state index in [-0.39, 0.29) is 11.9 Å². The molecule has 0 unspecified atom stereocenters. The summed E-state index contributed by atoms with van der Waals surface area (Å²) in [5, 5.41) is 5.59. The molecule has 0 aromatic heterocycles. The lowest BCUT2D eigenvalue weighted by molar-refractivity contribution is -0.686. The number of anilines is 1. The molecular formula is C19H23BrClN2O+. The van der Waals surface area contributed by atoms with Crippen LogP contribution in [0.4, 0.5) is 5.69 Å². The molecule has 0 saturated carbocycles. The van der Waals surface area contributed by atoms with E-state index in [1.807, 2.05) is 38.1 Å². The van der Waals surface area contributed by atoms with Gasteiger partial charge in [-0.25, -0.2) is 0 Å². The molecule has 0 bridgehead atoms. The zero-order chi connectivity index (χ0) is 17.7. The van der Waals surface area contributed by atoms with E-state index in [2.05, 4.69) is 45.6 Å². The lowest BCUT2D eigenvalue weighted by Gasteiger charge is -2.15. The Hall–Kier alpha value is -1.36. The molecule has 2 aromatic carbocycles. The number of carbonyl (C=O) groups is 1. The van der Waals surface area contributed by atoms with Crippen molar-refractivity contribution >= 4 is 39.1 Å². The SMILES string of the molecule is CC[C@H]([NH2+]CC(=O)Nc1c(C)cc(C)cc1Cl)c1ccc(Br)cc1. The second-order valence-electron chi connectivity index (χ2n) is 5.99. The van der Waals surface area contributed by atoms with Crippen molar-refractivity contribution in [3.8, 4) is 0 Å². The van der Waals surface area contributed by atoms with Crippen LogP contribution in [0.5, 0.6) is 0 Å². The molecule has 0 spiro atoms. The number of hydrogen-bond donors (Lipinski definition) is 2. The van der Waals surface area contributed by atoms with Gasteiger partial charge in [0, 0.05) is 16.5 Å². The first-order chi connectivity index (χ1) is 11.4. The summed E-state index contributed by atoms with van der Waals surface area (Å²) in [7, 11) is 0. The minimum atomic E-state index is -0.0422. The fraction of sp³-hybridized carbons (Fsp3) is 0.316. The molecular weight excluding hydrogens is 388 g/mol. The number of halogens is 2. The molecule has 2 aromatic rings. The van der Waals surface area contributed by atoms with Gasteiger partial charge in [-0.1, -0.05) is 52.7 Å². The number of quaternary nitrogens is 1. The third-order valence-electron chi connectivity index (χ3n) is 4.02. The van der Waals surface area contributed by atoms with Gasteiger partial charge in [0.2, 0.25) is 0 Å². The average Bonchev–Trinajstić information content (AvgIpc) is 2.53. The van der Waals surface area contributed by atoms with Crippen LogP contribution in [0.2, 0.25) is 5.02 Å². The first-order valence-corrected chi connectivity index (χ1v) is 9.23. The van der Waals surface area contributed by atoms with E-state index >= 15 is 0 Å². The average molecular weight is 411 g/mol. The van der Waals surface area contributed by atoms with Gasteiger partial charge >= 0.3 is 0 Å². The third kappa shape index (κ3) is 5.07. The molecule has 0 radical (unpaired) electrons. The molecule has 128 valence electrons. The smallest absolute Gasteiger partial charge is 0.279 e. The van der Waals surface area contributed by atoms with E-state index in [0.717, 1.165) is 22.0 Å². The predicted molar refractivity (Wildman–Crippen MR) is 104 cm³/mol. The number of hydrogen-bond acceptors (Lipinski definition) is 1. The fourth-order valence-corrected chi connectivity index (χ4v) is 3.39. The van der Waals surface area contributed by atoms with Crippen LogP contribution in [0.1, 0.15) is 36.1 Å². The summed E-state index contributed by atoms with van der Waals surface area (Å²) in [5.41, 5.74) is 3.99. The van der Waals surface area contributed by atoms with Gasteiger partial charge in [-0.2, -0.15) is 0 Å². The topological polar surface area (TPSA) is 45.7 Å². The van der Waals surface area contributed by atoms with Crippen molar-refractivity contribution < 1.29 is 10.1 Å². The molecule has 3 nitrogen and oxygen atoms in total. The molecule has 1 amide bonds. The number of nitrogens with one attached hydrogen (secondary N) is 1. The summed E-state index contributed by atoms with van der Waals surface area (Å²) in [5.74, 6) is -0.0422. The highest BCUT2D eigenvalue weighted by molar-refractivity contribution is 9.10. The molecule has 0 fully saturated rings. The van der Waals surface area contributed by atoms with Gasteiger partial charge < -0.3 is 10.6 Å². The summed E-state index contributed by atoms with van der Waals surface area (Å²) in [6.07, 6.45) is 0.958. The molecule has 0 saturated heterocycles. The van der Waals surface area contributed by atoms with E-state index in [1.165, 1.54) is 5.56 Å². The normalized spacial score (nSPS) is 12.0. The Morgan fingerprint density at radius 2 is 1.92 bits per heavy atom. The van der Waals surface area contributed by atoms with Crippen LogP contribution in [0.25, 0.3) is 0 Å². The maximum Gasteiger partial charge on any atom is 0.279 e. The summed E-state index contributed by atoms with van der Waals surface area (Å²) in [4.78, 5) is 12.3. The fourth-order valence-electron chi connectivity index (χ4n) is 2.76. The maximum atomic E-state index is 12.3. The molecule has 0 aliphatic rings. The largest absolute Gasteiger partial charge is 0.332 e. The van der Waals surface area contributed by atoms with Gasteiger partial charge in [0.25, 0.3) is 5.91 Å². The minimum absolute atomic E-state index is 0.0422. The predicted octanol–water partition coefficient (Wildman–Crippen LogP) is 4.37. The minimum Gasteiger partial charge on any atom is -0.332 e. The second-order valence-corrected chi connectivity index (χ2v) is 7.32. The first-order valence-electron chi connectivity index (χ1n) is 8.06. The maximum absolute atomic E-state index is 12.3. The summed E-state index contributed by atoms with van der Waals surface area (Å²) < 4.78 is 1.06. The summed E-state index contributed by atoms with van der Waals surface area (Å²) in [6.45, 7) is 6.43. The molecule has 3 N–H and O–H groups in total. The summed E-state index contributed by atoms with van der Waals surface area (Å²) in [6, 6.07) is 12.4. The number of nitrogens with two attached hydrogens (primary N) is 1. The van der Waals surface area contributed by atoms with E-state index in [9.17, 15) is 4.79 Å². The molecule has 1 atom stereocenters. The zero-order valence-corrected chi connectivity index (χ0v) is 16.5. The molecule has 5 heteroatoms. The Bertz CT molecular complexity index is 693. The number of amides is 1. The van der Waals surface area contributed by atoms with E-state index in [0.29, 0.717) is 17.3 Å². The van der Waals surface area contributed by atoms with Gasteiger partial charge in [0.05, 0.1) is 10.7 Å². The van der Waals surface area contributed by atoms with Gasteiger partial charge in [-0.3, -0.25) is 4.79 Å². The zero-order valence-electron chi connectivity index (χ0n) is 14.2. The van der Waals surface area contributed by atoms with Crippen molar-refractivity contribution in [3.05, 3.63) is 62.6 Å². The Labute approximate surface area is 156 Å². The van der Waals surface area contributed by atoms with Crippen molar-refractivity contribution in [3.63, 3.8) is 0 Å². The quantitative estimate of drug-likeness (QED) is 0.729. The first kappa shape index (κ1) is 19.0. The third-order valence-corrected chi connectivity index (χ3v) is 4.85. The molecule has 0 aliphatic carbocycles. The van der Waals surface area contributed by atoms with Crippen LogP contribution in [0.15, 0.2) is 40.9 Å². The van der Waals surface area contributed by atoms with Crippen LogP contribution < -0.4 is 10.6 Å². The molecule has 0 aliphatic heterocycles. The van der Waals surface area contributed by atoms with Crippen molar-refractivity contribution in [2.45, 2.75) is 33.2 Å².